The maximum Gasteiger partial charge on any atom is 0.248 e. The molecule has 2 rings (SSSR count). The molecule has 0 aromatic heterocycles. The zero-order valence-corrected chi connectivity index (χ0v) is 22.5. The topological polar surface area (TPSA) is 148 Å². The number of nitrogens with one attached hydrogen (secondary N) is 3. The number of hydrogen-bond donors (Lipinski definition) is 4. The molecule has 0 aromatic rings. The molecule has 11 heteroatoms. The van der Waals surface area contributed by atoms with E-state index in [0.29, 0.717) is 45.2 Å². The van der Waals surface area contributed by atoms with Crippen LogP contribution in [-0.4, -0.2) is 95.9 Å². The quantitative estimate of drug-likeness (QED) is 0.337. The highest BCUT2D eigenvalue weighted by atomic mass is 16.3. The van der Waals surface area contributed by atoms with Gasteiger partial charge in [-0.05, 0) is 37.5 Å². The van der Waals surface area contributed by atoms with Crippen molar-refractivity contribution in [3.63, 3.8) is 0 Å². The Balaban J connectivity index is 1.98. The van der Waals surface area contributed by atoms with E-state index >= 15 is 0 Å². The Labute approximate surface area is 213 Å². The Morgan fingerprint density at radius 1 is 0.944 bits per heavy atom. The number of carbonyl (C=O) groups excluding carboxylic acids is 5. The predicted octanol–water partition coefficient (Wildman–Crippen LogP) is -0.230. The minimum Gasteiger partial charge on any atom is -0.394 e. The summed E-state index contributed by atoms with van der Waals surface area (Å²) >= 11 is 0. The zero-order valence-electron chi connectivity index (χ0n) is 22.5. The Hall–Kier alpha value is -2.69. The molecule has 0 aromatic carbocycles. The van der Waals surface area contributed by atoms with Crippen molar-refractivity contribution in [3.8, 4) is 0 Å². The average Bonchev–Trinajstić information content (AvgIpc) is 3.48. The number of amides is 5. The van der Waals surface area contributed by atoms with Gasteiger partial charge in [0.2, 0.25) is 29.5 Å². The van der Waals surface area contributed by atoms with Crippen molar-refractivity contribution < 1.29 is 29.1 Å². The van der Waals surface area contributed by atoms with Crippen LogP contribution in [0, 0.1) is 10.8 Å². The van der Waals surface area contributed by atoms with E-state index in [1.54, 1.807) is 0 Å². The van der Waals surface area contributed by atoms with E-state index in [1.807, 2.05) is 34.6 Å². The van der Waals surface area contributed by atoms with Crippen LogP contribution in [0.25, 0.3) is 0 Å². The molecule has 204 valence electrons. The lowest BCUT2D eigenvalue weighted by molar-refractivity contribution is -0.148. The van der Waals surface area contributed by atoms with Crippen LogP contribution in [-0.2, 0) is 24.0 Å². The number of likely N-dealkylation sites (tertiary alicyclic amines) is 2. The third kappa shape index (κ3) is 7.41. The molecule has 3 unspecified atom stereocenters. The molecule has 5 amide bonds. The SMILES string of the molecule is CNC(=O)C1CCCN1C(=O)C1CCCN1C(=O)C(CO)NC(=O)CNC(=O)C(C)(C)CC(C)(C)C. The molecule has 3 atom stereocenters. The molecular weight excluding hydrogens is 466 g/mol. The summed E-state index contributed by atoms with van der Waals surface area (Å²) < 4.78 is 0. The molecule has 0 aliphatic carbocycles. The summed E-state index contributed by atoms with van der Waals surface area (Å²) in [5.74, 6) is -1.96. The highest BCUT2D eigenvalue weighted by molar-refractivity contribution is 5.95. The van der Waals surface area contributed by atoms with Gasteiger partial charge in [-0.25, -0.2) is 0 Å². The van der Waals surface area contributed by atoms with Gasteiger partial charge in [0.15, 0.2) is 0 Å². The molecule has 2 aliphatic rings. The van der Waals surface area contributed by atoms with E-state index in [2.05, 4.69) is 16.0 Å². The lowest BCUT2D eigenvalue weighted by Gasteiger charge is -2.32. The fourth-order valence-corrected chi connectivity index (χ4v) is 5.39. The zero-order chi connectivity index (χ0) is 27.3. The van der Waals surface area contributed by atoms with Crippen LogP contribution in [0.3, 0.4) is 0 Å². The highest BCUT2D eigenvalue weighted by Gasteiger charge is 2.43. The number of nitrogens with zero attached hydrogens (tertiary/aromatic N) is 2. The summed E-state index contributed by atoms with van der Waals surface area (Å²) in [6, 6.07) is -2.54. The molecule has 11 nitrogen and oxygen atoms in total. The van der Waals surface area contributed by atoms with Gasteiger partial charge in [0.05, 0.1) is 13.2 Å². The van der Waals surface area contributed by atoms with Crippen molar-refractivity contribution >= 4 is 29.5 Å². The standard InChI is InChI=1S/C25H43N5O6/c1-24(2,3)15-25(4,5)23(36)27-13-19(32)28-16(14-31)21(34)30-12-8-10-18(30)22(35)29-11-7-9-17(29)20(33)26-6/h16-18,31H,7-15H2,1-6H3,(H,26,33)(H,27,36)(H,28,32). The molecule has 0 saturated carbocycles. The van der Waals surface area contributed by atoms with Crippen molar-refractivity contribution in [3.05, 3.63) is 0 Å². The highest BCUT2D eigenvalue weighted by Crippen LogP contribution is 2.33. The fourth-order valence-electron chi connectivity index (χ4n) is 5.39. The average molecular weight is 510 g/mol. The van der Waals surface area contributed by atoms with Crippen LogP contribution in [0.5, 0.6) is 0 Å². The second-order valence-corrected chi connectivity index (χ2v) is 11.6. The molecule has 0 bridgehead atoms. The summed E-state index contributed by atoms with van der Waals surface area (Å²) in [5.41, 5.74) is -0.757. The van der Waals surface area contributed by atoms with Crippen molar-refractivity contribution in [2.75, 3.05) is 33.3 Å². The summed E-state index contributed by atoms with van der Waals surface area (Å²) in [6.45, 7) is 9.51. The largest absolute Gasteiger partial charge is 0.394 e. The lowest BCUT2D eigenvalue weighted by Crippen LogP contribution is -2.57. The maximum absolute atomic E-state index is 13.3. The Kier molecular flexibility index (Phi) is 9.87. The third-order valence-corrected chi connectivity index (χ3v) is 6.72. The molecule has 0 spiro atoms. The Bertz CT molecular complexity index is 852. The predicted molar refractivity (Wildman–Crippen MR) is 133 cm³/mol. The van der Waals surface area contributed by atoms with Crippen LogP contribution < -0.4 is 16.0 Å². The molecule has 2 aliphatic heterocycles. The van der Waals surface area contributed by atoms with Gasteiger partial charge < -0.3 is 30.9 Å². The van der Waals surface area contributed by atoms with Gasteiger partial charge in [-0.2, -0.15) is 0 Å². The minimum atomic E-state index is -1.24. The van der Waals surface area contributed by atoms with Crippen LogP contribution in [0.15, 0.2) is 0 Å². The molecule has 2 saturated heterocycles. The first kappa shape index (κ1) is 29.5. The second kappa shape index (κ2) is 12.0. The van der Waals surface area contributed by atoms with Gasteiger partial charge in [-0.15, -0.1) is 0 Å². The molecule has 36 heavy (non-hydrogen) atoms. The second-order valence-electron chi connectivity index (χ2n) is 11.6. The smallest absolute Gasteiger partial charge is 0.248 e. The normalized spacial score (nSPS) is 21.2. The Morgan fingerprint density at radius 3 is 2.08 bits per heavy atom. The van der Waals surface area contributed by atoms with Gasteiger partial charge in [0, 0.05) is 25.6 Å². The summed E-state index contributed by atoms with van der Waals surface area (Å²) in [7, 11) is 1.53. The van der Waals surface area contributed by atoms with Gasteiger partial charge in [-0.3, -0.25) is 24.0 Å². The summed E-state index contributed by atoms with van der Waals surface area (Å²) in [4.78, 5) is 66.6. The molecular formula is C25H43N5O6. The first-order chi connectivity index (χ1) is 16.7. The van der Waals surface area contributed by atoms with E-state index in [-0.39, 0.29) is 29.7 Å². The monoisotopic (exact) mass is 509 g/mol. The van der Waals surface area contributed by atoms with E-state index in [4.69, 9.17) is 0 Å². The molecule has 2 heterocycles. The summed E-state index contributed by atoms with van der Waals surface area (Å²) in [5, 5.41) is 17.5. The van der Waals surface area contributed by atoms with Crippen LogP contribution in [0.1, 0.15) is 66.7 Å². The van der Waals surface area contributed by atoms with Gasteiger partial charge in [-0.1, -0.05) is 34.6 Å². The van der Waals surface area contributed by atoms with Crippen LogP contribution in [0.4, 0.5) is 0 Å². The number of hydrogen-bond acceptors (Lipinski definition) is 6. The molecule has 4 N–H and O–H groups in total. The van der Waals surface area contributed by atoms with E-state index in [1.165, 1.54) is 16.8 Å². The van der Waals surface area contributed by atoms with Gasteiger partial charge in [0.1, 0.15) is 18.1 Å². The third-order valence-electron chi connectivity index (χ3n) is 6.72. The summed E-state index contributed by atoms with van der Waals surface area (Å²) in [6.07, 6.45) is 2.95. The first-order valence-electron chi connectivity index (χ1n) is 12.7. The van der Waals surface area contributed by atoms with Crippen molar-refractivity contribution in [1.29, 1.82) is 0 Å². The number of carbonyl (C=O) groups is 5. The van der Waals surface area contributed by atoms with E-state index in [0.717, 1.165) is 0 Å². The number of likely N-dealkylation sites (N-methyl/N-ethyl adjacent to an activating group) is 1. The number of aliphatic hydroxyl groups excluding tert-OH is 1. The van der Waals surface area contributed by atoms with Crippen molar-refractivity contribution in [2.24, 2.45) is 10.8 Å². The minimum absolute atomic E-state index is 0.0728. The number of aliphatic hydroxyl groups is 1. The van der Waals surface area contributed by atoms with Crippen molar-refractivity contribution in [2.45, 2.75) is 84.8 Å². The van der Waals surface area contributed by atoms with Gasteiger partial charge >= 0.3 is 0 Å². The molecule has 2 fully saturated rings. The van der Waals surface area contributed by atoms with E-state index in [9.17, 15) is 29.1 Å². The van der Waals surface area contributed by atoms with Crippen LogP contribution in [0.2, 0.25) is 0 Å². The molecule has 0 radical (unpaired) electrons. The van der Waals surface area contributed by atoms with Crippen LogP contribution >= 0.6 is 0 Å². The van der Waals surface area contributed by atoms with Crippen molar-refractivity contribution in [1.82, 2.24) is 25.8 Å². The number of rotatable bonds is 9. The Morgan fingerprint density at radius 2 is 1.53 bits per heavy atom. The first-order valence-corrected chi connectivity index (χ1v) is 12.7. The van der Waals surface area contributed by atoms with E-state index < -0.39 is 42.0 Å². The van der Waals surface area contributed by atoms with Gasteiger partial charge in [0.25, 0.3) is 0 Å². The lowest BCUT2D eigenvalue weighted by atomic mass is 9.76. The fraction of sp³-hybridized carbons (Fsp3) is 0.800. The maximum atomic E-state index is 13.3.